The molecule has 5 nitrogen and oxygen atoms in total. The predicted molar refractivity (Wildman–Crippen MR) is 70.7 cm³/mol. The molecule has 2 aromatic rings. The maximum absolute atomic E-state index is 12.2. The molecule has 1 aromatic heterocycles. The van der Waals surface area contributed by atoms with Crippen LogP contribution < -0.4 is 9.46 Å². The Morgan fingerprint density at radius 3 is 2.95 bits per heavy atom. The molecular formula is C13H12N2O3S. The zero-order valence-corrected chi connectivity index (χ0v) is 10.9. The molecule has 0 spiro atoms. The molecule has 0 aliphatic carbocycles. The summed E-state index contributed by atoms with van der Waals surface area (Å²) in [5, 5.41) is 0. The number of fused-ring (bicyclic) bond motifs is 1. The van der Waals surface area contributed by atoms with Crippen molar-refractivity contribution in [3.63, 3.8) is 0 Å². The Hall–Kier alpha value is -2.08. The van der Waals surface area contributed by atoms with E-state index in [1.165, 1.54) is 6.20 Å². The molecule has 1 N–H and O–H groups in total. The lowest BCUT2D eigenvalue weighted by Gasteiger charge is -2.08. The SMILES string of the molecule is O=S(=O)(Nc1cccnc1)c1ccc2c(c1)CCO2. The summed E-state index contributed by atoms with van der Waals surface area (Å²) in [5.74, 6) is 0.764. The monoisotopic (exact) mass is 276 g/mol. The molecule has 0 unspecified atom stereocenters. The van der Waals surface area contributed by atoms with Crippen LogP contribution in [0.2, 0.25) is 0 Å². The van der Waals surface area contributed by atoms with Crippen molar-refractivity contribution in [1.82, 2.24) is 4.98 Å². The molecule has 3 rings (SSSR count). The van der Waals surface area contributed by atoms with E-state index in [0.29, 0.717) is 12.3 Å². The summed E-state index contributed by atoms with van der Waals surface area (Å²) >= 11 is 0. The summed E-state index contributed by atoms with van der Waals surface area (Å²) in [6.07, 6.45) is 3.80. The third kappa shape index (κ3) is 2.39. The number of ether oxygens (including phenoxy) is 1. The van der Waals surface area contributed by atoms with E-state index < -0.39 is 10.0 Å². The van der Waals surface area contributed by atoms with E-state index >= 15 is 0 Å². The van der Waals surface area contributed by atoms with E-state index in [1.807, 2.05) is 0 Å². The lowest BCUT2D eigenvalue weighted by Crippen LogP contribution is -2.13. The van der Waals surface area contributed by atoms with Crippen LogP contribution >= 0.6 is 0 Å². The van der Waals surface area contributed by atoms with Gasteiger partial charge in [0.2, 0.25) is 0 Å². The third-order valence-electron chi connectivity index (χ3n) is 2.88. The third-order valence-corrected chi connectivity index (χ3v) is 4.26. The minimum absolute atomic E-state index is 0.237. The molecule has 1 aliphatic rings. The Labute approximate surface area is 111 Å². The van der Waals surface area contributed by atoms with Crippen LogP contribution in [0.15, 0.2) is 47.6 Å². The van der Waals surface area contributed by atoms with Crippen molar-refractivity contribution in [2.45, 2.75) is 11.3 Å². The second-order valence-corrected chi connectivity index (χ2v) is 5.90. The predicted octanol–water partition coefficient (Wildman–Crippen LogP) is 1.82. The summed E-state index contributed by atoms with van der Waals surface area (Å²) in [6, 6.07) is 8.22. The molecule has 0 saturated heterocycles. The Morgan fingerprint density at radius 1 is 1.26 bits per heavy atom. The molecule has 98 valence electrons. The first-order valence-corrected chi connectivity index (χ1v) is 7.32. The van der Waals surface area contributed by atoms with E-state index in [4.69, 9.17) is 4.74 Å². The van der Waals surface area contributed by atoms with E-state index in [-0.39, 0.29) is 4.90 Å². The fourth-order valence-electron chi connectivity index (χ4n) is 1.97. The van der Waals surface area contributed by atoms with E-state index in [9.17, 15) is 8.42 Å². The van der Waals surface area contributed by atoms with Crippen LogP contribution in [0.25, 0.3) is 0 Å². The minimum atomic E-state index is -3.58. The molecule has 0 fully saturated rings. The number of rotatable bonds is 3. The van der Waals surface area contributed by atoms with Crippen molar-refractivity contribution < 1.29 is 13.2 Å². The van der Waals surface area contributed by atoms with E-state index in [2.05, 4.69) is 9.71 Å². The number of nitrogens with zero attached hydrogens (tertiary/aromatic N) is 1. The van der Waals surface area contributed by atoms with Gasteiger partial charge in [0.1, 0.15) is 5.75 Å². The standard InChI is InChI=1S/C13H12N2O3S/c16-19(17,15-11-2-1-6-14-9-11)12-3-4-13-10(8-12)5-7-18-13/h1-4,6,8-9,15H,5,7H2. The smallest absolute Gasteiger partial charge is 0.261 e. The van der Waals surface area contributed by atoms with Crippen molar-refractivity contribution in [2.75, 3.05) is 11.3 Å². The molecular weight excluding hydrogens is 264 g/mol. The number of pyridine rings is 1. The molecule has 2 heterocycles. The molecule has 0 radical (unpaired) electrons. The Bertz CT molecular complexity index is 699. The highest BCUT2D eigenvalue weighted by molar-refractivity contribution is 7.92. The van der Waals surface area contributed by atoms with Crippen LogP contribution in [0.4, 0.5) is 5.69 Å². The maximum Gasteiger partial charge on any atom is 0.261 e. The summed E-state index contributed by atoms with van der Waals surface area (Å²) in [7, 11) is -3.58. The molecule has 19 heavy (non-hydrogen) atoms. The first-order chi connectivity index (χ1) is 9.15. The highest BCUT2D eigenvalue weighted by Gasteiger charge is 2.19. The molecule has 6 heteroatoms. The normalized spacial score (nSPS) is 13.7. The molecule has 0 bridgehead atoms. The summed E-state index contributed by atoms with van der Waals surface area (Å²) in [4.78, 5) is 4.11. The first kappa shape index (κ1) is 12.0. The van der Waals surface area contributed by atoms with E-state index in [1.54, 1.807) is 36.5 Å². The van der Waals surface area contributed by atoms with Crippen LogP contribution in [0.3, 0.4) is 0 Å². The number of hydrogen-bond acceptors (Lipinski definition) is 4. The fraction of sp³-hybridized carbons (Fsp3) is 0.154. The number of anilines is 1. The van der Waals surface area contributed by atoms with Crippen LogP contribution in [-0.2, 0) is 16.4 Å². The van der Waals surface area contributed by atoms with Gasteiger partial charge in [0.25, 0.3) is 10.0 Å². The summed E-state index contributed by atoms with van der Waals surface area (Å²) in [6.45, 7) is 0.606. The number of benzene rings is 1. The number of hydrogen-bond donors (Lipinski definition) is 1. The minimum Gasteiger partial charge on any atom is -0.493 e. The van der Waals surface area contributed by atoms with Crippen molar-refractivity contribution in [1.29, 1.82) is 0 Å². The summed E-state index contributed by atoms with van der Waals surface area (Å²) in [5.41, 5.74) is 1.37. The van der Waals surface area contributed by atoms with Gasteiger partial charge >= 0.3 is 0 Å². The van der Waals surface area contributed by atoms with Gasteiger partial charge in [0.05, 0.1) is 23.4 Å². The Morgan fingerprint density at radius 2 is 2.16 bits per heavy atom. The van der Waals surface area contributed by atoms with Crippen LogP contribution in [-0.4, -0.2) is 20.0 Å². The Balaban J connectivity index is 1.92. The lowest BCUT2D eigenvalue weighted by atomic mass is 10.2. The molecule has 0 saturated carbocycles. The Kier molecular flexibility index (Phi) is 2.87. The number of nitrogens with one attached hydrogen (secondary N) is 1. The van der Waals surface area contributed by atoms with Gasteiger partial charge in [0, 0.05) is 12.6 Å². The van der Waals surface area contributed by atoms with Crippen LogP contribution in [0.5, 0.6) is 5.75 Å². The molecule has 0 amide bonds. The molecule has 0 atom stereocenters. The van der Waals surface area contributed by atoms with Gasteiger partial charge in [-0.2, -0.15) is 0 Å². The summed E-state index contributed by atoms with van der Waals surface area (Å²) < 4.78 is 32.3. The van der Waals surface area contributed by atoms with Gasteiger partial charge in [-0.25, -0.2) is 8.42 Å². The topological polar surface area (TPSA) is 68.3 Å². The van der Waals surface area contributed by atoms with Gasteiger partial charge < -0.3 is 4.74 Å². The largest absolute Gasteiger partial charge is 0.493 e. The van der Waals surface area contributed by atoms with Crippen molar-refractivity contribution >= 4 is 15.7 Å². The van der Waals surface area contributed by atoms with Crippen molar-refractivity contribution in [2.24, 2.45) is 0 Å². The molecule has 1 aromatic carbocycles. The van der Waals surface area contributed by atoms with Crippen molar-refractivity contribution in [3.8, 4) is 5.75 Å². The highest BCUT2D eigenvalue weighted by atomic mass is 32.2. The second-order valence-electron chi connectivity index (χ2n) is 4.22. The maximum atomic E-state index is 12.2. The number of sulfonamides is 1. The average molecular weight is 276 g/mol. The van der Waals surface area contributed by atoms with E-state index in [0.717, 1.165) is 17.7 Å². The van der Waals surface area contributed by atoms with Gasteiger partial charge in [-0.15, -0.1) is 0 Å². The fourth-order valence-corrected chi connectivity index (χ4v) is 3.06. The quantitative estimate of drug-likeness (QED) is 0.928. The van der Waals surface area contributed by atoms with Crippen LogP contribution in [0.1, 0.15) is 5.56 Å². The number of aromatic nitrogens is 1. The van der Waals surface area contributed by atoms with Gasteiger partial charge in [0.15, 0.2) is 0 Å². The van der Waals surface area contributed by atoms with Crippen molar-refractivity contribution in [3.05, 3.63) is 48.3 Å². The zero-order chi connectivity index (χ0) is 13.3. The first-order valence-electron chi connectivity index (χ1n) is 5.84. The average Bonchev–Trinajstić information content (AvgIpc) is 2.86. The van der Waals surface area contributed by atoms with Gasteiger partial charge in [-0.1, -0.05) is 0 Å². The van der Waals surface area contributed by atoms with Gasteiger partial charge in [-0.3, -0.25) is 9.71 Å². The van der Waals surface area contributed by atoms with Crippen LogP contribution in [0, 0.1) is 0 Å². The van der Waals surface area contributed by atoms with Gasteiger partial charge in [-0.05, 0) is 35.9 Å². The lowest BCUT2D eigenvalue weighted by molar-refractivity contribution is 0.356. The second kappa shape index (κ2) is 4.55. The highest BCUT2D eigenvalue weighted by Crippen LogP contribution is 2.28. The zero-order valence-electron chi connectivity index (χ0n) is 10.0. The molecule has 1 aliphatic heterocycles.